The van der Waals surface area contributed by atoms with Crippen molar-refractivity contribution in [3.05, 3.63) is 35.9 Å². The van der Waals surface area contributed by atoms with E-state index in [1.807, 2.05) is 19.2 Å². The van der Waals surface area contributed by atoms with Crippen molar-refractivity contribution in [3.8, 4) is 0 Å². The summed E-state index contributed by atoms with van der Waals surface area (Å²) >= 11 is 5.53. The topological polar surface area (TPSA) is 151 Å². The summed E-state index contributed by atoms with van der Waals surface area (Å²) in [6, 6.07) is 5.10. The normalized spacial score (nSPS) is 15.3. The first-order chi connectivity index (χ1) is 16.1. The van der Waals surface area contributed by atoms with Gasteiger partial charge >= 0.3 is 5.97 Å². The number of nitrogens with one attached hydrogen (secondary N) is 3. The van der Waals surface area contributed by atoms with E-state index >= 15 is 0 Å². The van der Waals surface area contributed by atoms with Crippen molar-refractivity contribution >= 4 is 48.1 Å². The SMILES string of the molecule is CCC(C)C(NC(=O)C(CCSC)NC(=O)C(N)CS)C(=O)NC(Cc1ccccc1)C(=O)O. The number of carboxylic acids is 1. The van der Waals surface area contributed by atoms with Crippen molar-refractivity contribution in [3.63, 3.8) is 0 Å². The number of aliphatic carboxylic acids is 1. The van der Waals surface area contributed by atoms with Crippen LogP contribution in [0.3, 0.4) is 0 Å². The predicted octanol–water partition coefficient (Wildman–Crippen LogP) is 0.824. The molecule has 1 rings (SSSR count). The molecule has 0 spiro atoms. The number of rotatable bonds is 15. The van der Waals surface area contributed by atoms with Crippen LogP contribution in [0.4, 0.5) is 0 Å². The summed E-state index contributed by atoms with van der Waals surface area (Å²) in [4.78, 5) is 50.2. The van der Waals surface area contributed by atoms with Crippen LogP contribution < -0.4 is 21.7 Å². The molecule has 0 aromatic heterocycles. The van der Waals surface area contributed by atoms with Crippen LogP contribution in [0.2, 0.25) is 0 Å². The largest absolute Gasteiger partial charge is 0.480 e. The highest BCUT2D eigenvalue weighted by Crippen LogP contribution is 2.11. The van der Waals surface area contributed by atoms with Crippen molar-refractivity contribution in [2.75, 3.05) is 17.8 Å². The molecule has 0 radical (unpaired) electrons. The summed E-state index contributed by atoms with van der Waals surface area (Å²) in [7, 11) is 0. The van der Waals surface area contributed by atoms with Crippen LogP contribution in [-0.4, -0.2) is 70.7 Å². The highest BCUT2D eigenvalue weighted by Gasteiger charge is 2.32. The minimum Gasteiger partial charge on any atom is -0.480 e. The first-order valence-electron chi connectivity index (χ1n) is 11.2. The number of carboxylic acid groups (broad SMARTS) is 1. The lowest BCUT2D eigenvalue weighted by molar-refractivity contribution is -0.142. The van der Waals surface area contributed by atoms with E-state index < -0.39 is 47.9 Å². The molecule has 190 valence electrons. The highest BCUT2D eigenvalue weighted by molar-refractivity contribution is 7.98. The number of nitrogens with two attached hydrogens (primary N) is 1. The van der Waals surface area contributed by atoms with E-state index in [-0.39, 0.29) is 18.1 Å². The lowest BCUT2D eigenvalue weighted by Gasteiger charge is -2.28. The van der Waals surface area contributed by atoms with Crippen molar-refractivity contribution in [1.29, 1.82) is 0 Å². The summed E-state index contributed by atoms with van der Waals surface area (Å²) < 4.78 is 0. The Bertz CT molecular complexity index is 812. The smallest absolute Gasteiger partial charge is 0.326 e. The molecule has 0 saturated heterocycles. The Hall–Kier alpha value is -2.24. The maximum absolute atomic E-state index is 13.1. The lowest BCUT2D eigenvalue weighted by atomic mass is 9.96. The standard InChI is InChI=1S/C23H36N4O5S2/c1-4-14(2)19(22(30)26-18(23(31)32)12-15-8-6-5-7-9-15)27-21(29)17(10-11-34-3)25-20(28)16(24)13-33/h5-9,14,16-19,33H,4,10-13,24H2,1-3H3,(H,25,28)(H,26,30)(H,27,29)(H,31,32). The van der Waals surface area contributed by atoms with E-state index in [2.05, 4.69) is 28.6 Å². The molecule has 0 bridgehead atoms. The molecule has 0 aliphatic heterocycles. The lowest BCUT2D eigenvalue weighted by Crippen LogP contribution is -2.59. The van der Waals surface area contributed by atoms with Gasteiger partial charge in [-0.1, -0.05) is 50.6 Å². The number of carbonyl (C=O) groups is 4. The quantitative estimate of drug-likeness (QED) is 0.190. The third kappa shape index (κ3) is 9.94. The summed E-state index contributed by atoms with van der Waals surface area (Å²) in [5.41, 5.74) is 6.48. The fourth-order valence-corrected chi connectivity index (χ4v) is 3.77. The molecule has 0 heterocycles. The van der Waals surface area contributed by atoms with Gasteiger partial charge in [-0.15, -0.1) is 0 Å². The third-order valence-electron chi connectivity index (χ3n) is 5.47. The van der Waals surface area contributed by atoms with Crippen LogP contribution in [0.25, 0.3) is 0 Å². The van der Waals surface area contributed by atoms with Gasteiger partial charge in [-0.2, -0.15) is 24.4 Å². The number of thiol groups is 1. The molecule has 0 aliphatic carbocycles. The zero-order chi connectivity index (χ0) is 25.7. The molecule has 0 fully saturated rings. The fourth-order valence-electron chi connectivity index (χ4n) is 3.13. The molecule has 11 heteroatoms. The predicted molar refractivity (Wildman–Crippen MR) is 138 cm³/mol. The number of benzene rings is 1. The van der Waals surface area contributed by atoms with Crippen LogP contribution in [0, 0.1) is 5.92 Å². The molecule has 6 N–H and O–H groups in total. The first kappa shape index (κ1) is 29.8. The molecule has 3 amide bonds. The molecular formula is C23H36N4O5S2. The Kier molecular flexibility index (Phi) is 13.7. The molecule has 1 aromatic rings. The van der Waals surface area contributed by atoms with E-state index in [4.69, 9.17) is 5.73 Å². The monoisotopic (exact) mass is 512 g/mol. The van der Waals surface area contributed by atoms with Crippen LogP contribution >= 0.6 is 24.4 Å². The fraction of sp³-hybridized carbons (Fsp3) is 0.565. The molecule has 0 aliphatic rings. The Morgan fingerprint density at radius 1 is 1.03 bits per heavy atom. The van der Waals surface area contributed by atoms with Gasteiger partial charge in [0.2, 0.25) is 17.7 Å². The number of thioether (sulfide) groups is 1. The van der Waals surface area contributed by atoms with Crippen molar-refractivity contribution in [2.45, 2.75) is 57.3 Å². The Balaban J connectivity index is 2.99. The second kappa shape index (κ2) is 15.6. The van der Waals surface area contributed by atoms with Crippen LogP contribution in [-0.2, 0) is 25.6 Å². The molecule has 0 saturated carbocycles. The van der Waals surface area contributed by atoms with Gasteiger partial charge in [-0.05, 0) is 29.9 Å². The maximum atomic E-state index is 13.1. The minimum atomic E-state index is -1.17. The number of hydrogen-bond acceptors (Lipinski definition) is 7. The van der Waals surface area contributed by atoms with E-state index in [0.717, 1.165) is 5.56 Å². The first-order valence-corrected chi connectivity index (χ1v) is 13.2. The third-order valence-corrected chi connectivity index (χ3v) is 6.50. The van der Waals surface area contributed by atoms with Crippen molar-refractivity contribution in [2.24, 2.45) is 11.7 Å². The van der Waals surface area contributed by atoms with E-state index in [1.54, 1.807) is 31.2 Å². The van der Waals surface area contributed by atoms with Gasteiger partial charge in [0.25, 0.3) is 0 Å². The molecule has 5 unspecified atom stereocenters. The van der Waals surface area contributed by atoms with Gasteiger partial charge < -0.3 is 26.8 Å². The average molecular weight is 513 g/mol. The number of carbonyl (C=O) groups excluding carboxylic acids is 3. The summed E-state index contributed by atoms with van der Waals surface area (Å²) in [5, 5.41) is 17.5. The second-order valence-corrected chi connectivity index (χ2v) is 9.44. The number of amides is 3. The Labute approximate surface area is 210 Å². The van der Waals surface area contributed by atoms with Gasteiger partial charge in [-0.25, -0.2) is 4.79 Å². The highest BCUT2D eigenvalue weighted by atomic mass is 32.2. The van der Waals surface area contributed by atoms with E-state index in [9.17, 15) is 24.3 Å². The molecule has 1 aromatic carbocycles. The molecular weight excluding hydrogens is 476 g/mol. The molecule has 5 atom stereocenters. The van der Waals surface area contributed by atoms with Crippen LogP contribution in [0.5, 0.6) is 0 Å². The Morgan fingerprint density at radius 3 is 2.18 bits per heavy atom. The zero-order valence-electron chi connectivity index (χ0n) is 19.8. The van der Waals surface area contributed by atoms with Gasteiger partial charge in [0, 0.05) is 12.2 Å². The van der Waals surface area contributed by atoms with Gasteiger partial charge in [0.1, 0.15) is 18.1 Å². The van der Waals surface area contributed by atoms with Gasteiger partial charge in [-0.3, -0.25) is 14.4 Å². The average Bonchev–Trinajstić information content (AvgIpc) is 2.83. The van der Waals surface area contributed by atoms with E-state index in [1.165, 1.54) is 11.8 Å². The van der Waals surface area contributed by atoms with Gasteiger partial charge in [0.15, 0.2) is 0 Å². The van der Waals surface area contributed by atoms with Gasteiger partial charge in [0.05, 0.1) is 6.04 Å². The van der Waals surface area contributed by atoms with Crippen LogP contribution in [0.15, 0.2) is 30.3 Å². The Morgan fingerprint density at radius 2 is 1.65 bits per heavy atom. The second-order valence-electron chi connectivity index (χ2n) is 8.09. The molecule has 34 heavy (non-hydrogen) atoms. The van der Waals surface area contributed by atoms with Crippen molar-refractivity contribution < 1.29 is 24.3 Å². The summed E-state index contributed by atoms with van der Waals surface area (Å²) in [6.07, 6.45) is 2.90. The van der Waals surface area contributed by atoms with Crippen molar-refractivity contribution in [1.82, 2.24) is 16.0 Å². The van der Waals surface area contributed by atoms with E-state index in [0.29, 0.717) is 18.6 Å². The number of hydrogen-bond donors (Lipinski definition) is 6. The molecule has 9 nitrogen and oxygen atoms in total. The summed E-state index contributed by atoms with van der Waals surface area (Å²) in [5.74, 6) is -2.33. The summed E-state index contributed by atoms with van der Waals surface area (Å²) in [6.45, 7) is 3.66. The maximum Gasteiger partial charge on any atom is 0.326 e. The zero-order valence-corrected chi connectivity index (χ0v) is 21.5. The minimum absolute atomic E-state index is 0.108. The van der Waals surface area contributed by atoms with Crippen LogP contribution in [0.1, 0.15) is 32.3 Å².